The van der Waals surface area contributed by atoms with Crippen molar-refractivity contribution in [1.29, 1.82) is 0 Å². The summed E-state index contributed by atoms with van der Waals surface area (Å²) in [6, 6.07) is 3.73. The van der Waals surface area contributed by atoms with Crippen LogP contribution in [0.25, 0.3) is 0 Å². The van der Waals surface area contributed by atoms with Gasteiger partial charge < -0.3 is 14.9 Å². The Morgan fingerprint density at radius 2 is 2.16 bits per heavy atom. The Bertz CT molecular complexity index is 1070. The molecule has 3 aliphatic rings. The lowest BCUT2D eigenvalue weighted by atomic mass is 9.83. The molecule has 2 aromatic rings. The van der Waals surface area contributed by atoms with Gasteiger partial charge in [0.15, 0.2) is 0 Å². The van der Waals surface area contributed by atoms with Gasteiger partial charge in [-0.05, 0) is 57.1 Å². The van der Waals surface area contributed by atoms with Crippen LogP contribution in [0, 0.1) is 12.8 Å². The average molecular weight is 422 g/mol. The van der Waals surface area contributed by atoms with Gasteiger partial charge in [0, 0.05) is 50.0 Å². The summed E-state index contributed by atoms with van der Waals surface area (Å²) in [5.74, 6) is 0.496. The van der Waals surface area contributed by atoms with Gasteiger partial charge in [0.1, 0.15) is 5.56 Å². The predicted octanol–water partition coefficient (Wildman–Crippen LogP) is 2.73. The van der Waals surface area contributed by atoms with E-state index in [2.05, 4.69) is 33.2 Å². The number of carbonyl (C=O) groups excluding carboxylic acids is 1. The molecule has 31 heavy (non-hydrogen) atoms. The first kappa shape index (κ1) is 20.2. The van der Waals surface area contributed by atoms with Gasteiger partial charge >= 0.3 is 0 Å². The monoisotopic (exact) mass is 421 g/mol. The number of hydrogen-bond acceptors (Lipinski definition) is 4. The molecule has 0 unspecified atom stereocenters. The van der Waals surface area contributed by atoms with E-state index >= 15 is 0 Å². The van der Waals surface area contributed by atoms with Gasteiger partial charge in [-0.1, -0.05) is 11.6 Å². The van der Waals surface area contributed by atoms with E-state index in [4.69, 9.17) is 0 Å². The summed E-state index contributed by atoms with van der Waals surface area (Å²) in [6.07, 6.45) is 9.62. The molecule has 7 heteroatoms. The molecule has 0 saturated carbocycles. The Balaban J connectivity index is 1.31. The third kappa shape index (κ3) is 4.11. The SMILES string of the molecule is Cc1[nH]cnc1CN1C[C@@H]2C[C@H](C1)c1ccc(C(=O)NCC3=CCCCC3)c(=O)n1C2. The third-order valence-corrected chi connectivity index (χ3v) is 7.09. The summed E-state index contributed by atoms with van der Waals surface area (Å²) in [5.41, 5.74) is 4.68. The number of likely N-dealkylation sites (tertiary alicyclic amines) is 1. The Hall–Kier alpha value is -2.67. The molecule has 2 atom stereocenters. The molecule has 1 fully saturated rings. The fraction of sp³-hybridized carbons (Fsp3) is 0.542. The number of nitrogens with one attached hydrogen (secondary N) is 2. The number of aromatic amines is 1. The number of amides is 1. The van der Waals surface area contributed by atoms with Gasteiger partial charge in [-0.25, -0.2) is 4.98 Å². The van der Waals surface area contributed by atoms with Crippen LogP contribution in [0.2, 0.25) is 0 Å². The number of pyridine rings is 1. The largest absolute Gasteiger partial charge is 0.348 e. The highest BCUT2D eigenvalue weighted by molar-refractivity contribution is 5.94. The smallest absolute Gasteiger partial charge is 0.263 e. The molecule has 1 saturated heterocycles. The number of aromatic nitrogens is 3. The van der Waals surface area contributed by atoms with Crippen LogP contribution in [0.4, 0.5) is 0 Å². The van der Waals surface area contributed by atoms with E-state index < -0.39 is 0 Å². The number of aryl methyl sites for hydroxylation is 1. The summed E-state index contributed by atoms with van der Waals surface area (Å²) in [5, 5.41) is 2.97. The minimum atomic E-state index is -0.252. The summed E-state index contributed by atoms with van der Waals surface area (Å²) in [4.78, 5) is 36.0. The molecule has 7 nitrogen and oxygen atoms in total. The number of rotatable bonds is 5. The molecule has 5 rings (SSSR count). The van der Waals surface area contributed by atoms with Crippen LogP contribution < -0.4 is 10.9 Å². The molecule has 0 aromatic carbocycles. The number of fused-ring (bicyclic) bond motifs is 4. The van der Waals surface area contributed by atoms with E-state index in [0.717, 1.165) is 56.0 Å². The Morgan fingerprint density at radius 3 is 2.94 bits per heavy atom. The van der Waals surface area contributed by atoms with Crippen LogP contribution in [-0.2, 0) is 13.1 Å². The molecule has 1 aliphatic carbocycles. The number of imidazole rings is 1. The summed E-state index contributed by atoms with van der Waals surface area (Å²) >= 11 is 0. The van der Waals surface area contributed by atoms with Crippen LogP contribution >= 0.6 is 0 Å². The molecular weight excluding hydrogens is 390 g/mol. The van der Waals surface area contributed by atoms with Crippen molar-refractivity contribution in [2.75, 3.05) is 19.6 Å². The maximum Gasteiger partial charge on any atom is 0.263 e. The number of nitrogens with zero attached hydrogens (tertiary/aromatic N) is 3. The first-order valence-electron chi connectivity index (χ1n) is 11.5. The zero-order valence-corrected chi connectivity index (χ0v) is 18.2. The van der Waals surface area contributed by atoms with Gasteiger partial charge in [0.25, 0.3) is 11.5 Å². The maximum absolute atomic E-state index is 13.2. The highest BCUT2D eigenvalue weighted by atomic mass is 16.2. The van der Waals surface area contributed by atoms with Crippen LogP contribution in [0.5, 0.6) is 0 Å². The van der Waals surface area contributed by atoms with Gasteiger partial charge in [0.05, 0.1) is 12.0 Å². The minimum Gasteiger partial charge on any atom is -0.348 e. The molecule has 0 radical (unpaired) electrons. The van der Waals surface area contributed by atoms with Crippen molar-refractivity contribution in [2.45, 2.75) is 58.0 Å². The fourth-order valence-electron chi connectivity index (χ4n) is 5.46. The second-order valence-corrected chi connectivity index (χ2v) is 9.35. The molecule has 2 aliphatic heterocycles. The Labute approximate surface area is 182 Å². The normalized spacial score (nSPS) is 23.2. The van der Waals surface area contributed by atoms with E-state index in [0.29, 0.717) is 24.9 Å². The van der Waals surface area contributed by atoms with Crippen molar-refractivity contribution < 1.29 is 4.79 Å². The number of allylic oxidation sites excluding steroid dienone is 1. The lowest BCUT2D eigenvalue weighted by Gasteiger charge is -2.42. The van der Waals surface area contributed by atoms with Crippen LogP contribution in [-0.4, -0.2) is 45.0 Å². The van der Waals surface area contributed by atoms with Crippen molar-refractivity contribution >= 4 is 5.91 Å². The quantitative estimate of drug-likeness (QED) is 0.728. The second-order valence-electron chi connectivity index (χ2n) is 9.35. The summed E-state index contributed by atoms with van der Waals surface area (Å²) < 4.78 is 1.87. The fourth-order valence-corrected chi connectivity index (χ4v) is 5.46. The van der Waals surface area contributed by atoms with E-state index in [1.54, 1.807) is 12.4 Å². The standard InChI is InChI=1S/C24H31N5O2/c1-16-21(27-15-26-16)14-28-11-18-9-19(13-28)22-8-7-20(24(31)29(22)12-18)23(30)25-10-17-5-3-2-4-6-17/h5,7-8,15,18-19H,2-4,6,9-14H2,1H3,(H,25,30)(H,26,27)/t18-,19+/m0/s1. The van der Waals surface area contributed by atoms with Crippen molar-refractivity contribution in [3.8, 4) is 0 Å². The lowest BCUT2D eigenvalue weighted by Crippen LogP contribution is -2.47. The van der Waals surface area contributed by atoms with Gasteiger partial charge in [0.2, 0.25) is 0 Å². The van der Waals surface area contributed by atoms with Gasteiger partial charge in [-0.15, -0.1) is 0 Å². The number of piperidine rings is 1. The Morgan fingerprint density at radius 1 is 1.26 bits per heavy atom. The summed E-state index contributed by atoms with van der Waals surface area (Å²) in [6.45, 7) is 6.00. The zero-order valence-electron chi connectivity index (χ0n) is 18.2. The second kappa shape index (κ2) is 8.46. The number of carbonyl (C=O) groups is 1. The molecule has 2 N–H and O–H groups in total. The molecule has 1 amide bonds. The van der Waals surface area contributed by atoms with Crippen LogP contribution in [0.3, 0.4) is 0 Å². The van der Waals surface area contributed by atoms with Crippen molar-refractivity contribution in [3.63, 3.8) is 0 Å². The maximum atomic E-state index is 13.2. The van der Waals surface area contributed by atoms with Gasteiger partial charge in [-0.3, -0.25) is 14.5 Å². The zero-order chi connectivity index (χ0) is 21.4. The number of hydrogen-bond donors (Lipinski definition) is 2. The first-order valence-corrected chi connectivity index (χ1v) is 11.5. The molecule has 2 bridgehead atoms. The number of H-pyrrole nitrogens is 1. The lowest BCUT2D eigenvalue weighted by molar-refractivity contribution is 0.0949. The van der Waals surface area contributed by atoms with Crippen LogP contribution in [0.1, 0.15) is 65.5 Å². The van der Waals surface area contributed by atoms with Gasteiger partial charge in [-0.2, -0.15) is 0 Å². The van der Waals surface area contributed by atoms with E-state index in [9.17, 15) is 9.59 Å². The predicted molar refractivity (Wildman–Crippen MR) is 119 cm³/mol. The van der Waals surface area contributed by atoms with Crippen LogP contribution in [0.15, 0.2) is 34.9 Å². The topological polar surface area (TPSA) is 83.0 Å². The summed E-state index contributed by atoms with van der Waals surface area (Å²) in [7, 11) is 0. The van der Waals surface area contributed by atoms with Crippen molar-refractivity contribution in [3.05, 3.63) is 63.1 Å². The average Bonchev–Trinajstić information content (AvgIpc) is 3.18. The van der Waals surface area contributed by atoms with Crippen molar-refractivity contribution in [2.24, 2.45) is 5.92 Å². The highest BCUT2D eigenvalue weighted by Crippen LogP contribution is 2.35. The van der Waals surface area contributed by atoms with Crippen molar-refractivity contribution in [1.82, 2.24) is 24.8 Å². The van der Waals surface area contributed by atoms with E-state index in [1.807, 2.05) is 10.6 Å². The van der Waals surface area contributed by atoms with E-state index in [1.165, 1.54) is 18.4 Å². The first-order chi connectivity index (χ1) is 15.1. The molecular formula is C24H31N5O2. The minimum absolute atomic E-state index is 0.140. The highest BCUT2D eigenvalue weighted by Gasteiger charge is 2.35. The molecule has 4 heterocycles. The third-order valence-electron chi connectivity index (χ3n) is 7.09. The molecule has 164 valence electrons. The Kier molecular flexibility index (Phi) is 5.52. The van der Waals surface area contributed by atoms with E-state index in [-0.39, 0.29) is 17.0 Å². The molecule has 0 spiro atoms. The molecule has 2 aromatic heterocycles.